The van der Waals surface area contributed by atoms with Crippen molar-refractivity contribution in [3.05, 3.63) is 64.0 Å². The average Bonchev–Trinajstić information content (AvgIpc) is 3.30. The Bertz CT molecular complexity index is 1320. The number of ether oxygens (including phenoxy) is 1. The second-order valence-electron chi connectivity index (χ2n) is 10.9. The molecule has 0 saturated heterocycles. The van der Waals surface area contributed by atoms with Crippen LogP contribution in [-0.2, 0) is 28.9 Å². The summed E-state index contributed by atoms with van der Waals surface area (Å²) in [6, 6.07) is 11.0. The number of amides is 1. The Morgan fingerprint density at radius 3 is 2.46 bits per heavy atom. The summed E-state index contributed by atoms with van der Waals surface area (Å²) in [7, 11) is 1.42. The van der Waals surface area contributed by atoms with Crippen molar-refractivity contribution in [2.24, 2.45) is 5.92 Å². The molecule has 196 valence electrons. The summed E-state index contributed by atoms with van der Waals surface area (Å²) in [5.74, 6) is 0.329. The molecule has 3 aromatic rings. The van der Waals surface area contributed by atoms with Gasteiger partial charge in [0, 0.05) is 24.1 Å². The van der Waals surface area contributed by atoms with Crippen LogP contribution in [-0.4, -0.2) is 45.3 Å². The van der Waals surface area contributed by atoms with E-state index in [1.54, 1.807) is 4.90 Å². The number of carbonyl (C=O) groups is 2. The van der Waals surface area contributed by atoms with Crippen LogP contribution in [0.4, 0.5) is 4.79 Å². The molecule has 1 aliphatic heterocycles. The standard InChI is InChI=1S/C30H37N3O4/c1-18-6-5-7-19(2)24(18)16-20(3)33-26-13-12-21-14-15-32(30(36)37-4)17-25(21)27(26)31-28(33)22-8-10-23(11-9-22)29(34)35/h5-7,12-13,20,22-23H,8-11,14-17H2,1-4H3,(H,34,35)/t20-,22-,23-/m1/s1. The van der Waals surface area contributed by atoms with E-state index in [-0.39, 0.29) is 24.0 Å². The number of fused-ring (bicyclic) bond motifs is 3. The van der Waals surface area contributed by atoms with Crippen molar-refractivity contribution in [3.63, 3.8) is 0 Å². The van der Waals surface area contributed by atoms with Gasteiger partial charge in [-0.25, -0.2) is 9.78 Å². The van der Waals surface area contributed by atoms with Gasteiger partial charge in [-0.15, -0.1) is 0 Å². The van der Waals surface area contributed by atoms with E-state index in [2.05, 4.69) is 55.7 Å². The molecule has 7 nitrogen and oxygen atoms in total. The van der Waals surface area contributed by atoms with Gasteiger partial charge in [0.15, 0.2) is 0 Å². The molecular formula is C30H37N3O4. The zero-order chi connectivity index (χ0) is 26.3. The average molecular weight is 504 g/mol. The number of aryl methyl sites for hydroxylation is 2. The topological polar surface area (TPSA) is 84.7 Å². The number of carboxylic acid groups (broad SMARTS) is 1. The predicted octanol–water partition coefficient (Wildman–Crippen LogP) is 5.94. The highest BCUT2D eigenvalue weighted by molar-refractivity contribution is 5.82. The van der Waals surface area contributed by atoms with Gasteiger partial charge in [-0.05, 0) is 87.6 Å². The maximum Gasteiger partial charge on any atom is 0.409 e. The van der Waals surface area contributed by atoms with Gasteiger partial charge in [-0.3, -0.25) is 4.79 Å². The van der Waals surface area contributed by atoms with E-state index in [1.165, 1.54) is 29.4 Å². The van der Waals surface area contributed by atoms with E-state index in [0.717, 1.165) is 48.1 Å². The third-order valence-electron chi connectivity index (χ3n) is 8.55. The number of methoxy groups -OCH3 is 1. The first-order valence-corrected chi connectivity index (χ1v) is 13.4. The first-order valence-electron chi connectivity index (χ1n) is 13.4. The molecule has 2 aliphatic rings. The summed E-state index contributed by atoms with van der Waals surface area (Å²) in [4.78, 5) is 30.9. The summed E-state index contributed by atoms with van der Waals surface area (Å²) >= 11 is 0. The Labute approximate surface area is 218 Å². The normalized spacial score (nSPS) is 20.5. The Kier molecular flexibility index (Phi) is 6.97. The first kappa shape index (κ1) is 25.3. The van der Waals surface area contributed by atoms with Crippen LogP contribution in [0.5, 0.6) is 0 Å². The van der Waals surface area contributed by atoms with Gasteiger partial charge in [-0.1, -0.05) is 24.3 Å². The number of rotatable bonds is 5. The van der Waals surface area contributed by atoms with Crippen LogP contribution in [0, 0.1) is 19.8 Å². The fourth-order valence-electron chi connectivity index (χ4n) is 6.41. The van der Waals surface area contributed by atoms with E-state index < -0.39 is 5.97 Å². The molecule has 1 aliphatic carbocycles. The Hall–Kier alpha value is -3.35. The summed E-state index contributed by atoms with van der Waals surface area (Å²) in [5, 5.41) is 9.53. The third kappa shape index (κ3) is 4.72. The molecule has 0 spiro atoms. The van der Waals surface area contributed by atoms with E-state index in [4.69, 9.17) is 9.72 Å². The molecule has 2 heterocycles. The SMILES string of the molecule is COC(=O)N1CCc2ccc3c(nc([C@H]4CC[C@H](C(=O)O)CC4)n3[C@H](C)Cc3c(C)cccc3C)c2C1. The van der Waals surface area contributed by atoms with Crippen molar-refractivity contribution >= 4 is 23.1 Å². The molecule has 1 N–H and O–H groups in total. The lowest BCUT2D eigenvalue weighted by atomic mass is 9.81. The number of hydrogen-bond acceptors (Lipinski definition) is 4. The van der Waals surface area contributed by atoms with Crippen molar-refractivity contribution in [1.29, 1.82) is 0 Å². The molecule has 1 atom stereocenters. The molecule has 2 aromatic carbocycles. The molecule has 5 rings (SSSR count). The van der Waals surface area contributed by atoms with Crippen LogP contribution in [0.25, 0.3) is 11.0 Å². The second-order valence-corrected chi connectivity index (χ2v) is 10.9. The molecule has 37 heavy (non-hydrogen) atoms. The van der Waals surface area contributed by atoms with Gasteiger partial charge < -0.3 is 19.3 Å². The van der Waals surface area contributed by atoms with Crippen LogP contribution in [0.1, 0.15) is 78.2 Å². The molecule has 7 heteroatoms. The van der Waals surface area contributed by atoms with Gasteiger partial charge in [0.25, 0.3) is 0 Å². The summed E-state index contributed by atoms with van der Waals surface area (Å²) in [6.07, 6.45) is 4.39. The lowest BCUT2D eigenvalue weighted by Gasteiger charge is -2.28. The number of hydrogen-bond donors (Lipinski definition) is 1. The minimum absolute atomic E-state index is 0.176. The largest absolute Gasteiger partial charge is 0.481 e. The molecule has 1 saturated carbocycles. The molecule has 1 amide bonds. The van der Waals surface area contributed by atoms with Gasteiger partial charge in [0.2, 0.25) is 0 Å². The molecule has 0 bridgehead atoms. The van der Waals surface area contributed by atoms with E-state index in [1.807, 2.05) is 0 Å². The number of aliphatic carboxylic acids is 1. The zero-order valence-corrected chi connectivity index (χ0v) is 22.3. The zero-order valence-electron chi connectivity index (χ0n) is 22.3. The van der Waals surface area contributed by atoms with Crippen molar-refractivity contribution in [2.75, 3.05) is 13.7 Å². The smallest absolute Gasteiger partial charge is 0.409 e. The first-order chi connectivity index (χ1) is 17.8. The summed E-state index contributed by atoms with van der Waals surface area (Å²) < 4.78 is 7.42. The Morgan fingerprint density at radius 2 is 1.81 bits per heavy atom. The fourth-order valence-corrected chi connectivity index (χ4v) is 6.41. The highest BCUT2D eigenvalue weighted by atomic mass is 16.5. The Balaban J connectivity index is 1.59. The maximum atomic E-state index is 12.3. The van der Waals surface area contributed by atoms with Crippen LogP contribution in [0.15, 0.2) is 30.3 Å². The van der Waals surface area contributed by atoms with Gasteiger partial charge in [0.1, 0.15) is 5.82 Å². The van der Waals surface area contributed by atoms with Gasteiger partial charge in [-0.2, -0.15) is 0 Å². The number of aromatic nitrogens is 2. The van der Waals surface area contributed by atoms with Gasteiger partial charge >= 0.3 is 12.1 Å². The van der Waals surface area contributed by atoms with Gasteiger partial charge in [0.05, 0.1) is 30.6 Å². The fraction of sp³-hybridized carbons (Fsp3) is 0.500. The number of carbonyl (C=O) groups excluding carboxylic acids is 1. The lowest BCUT2D eigenvalue weighted by Crippen LogP contribution is -2.35. The highest BCUT2D eigenvalue weighted by Crippen LogP contribution is 2.40. The van der Waals surface area contributed by atoms with Crippen molar-refractivity contribution in [1.82, 2.24) is 14.5 Å². The van der Waals surface area contributed by atoms with Crippen LogP contribution >= 0.6 is 0 Å². The number of imidazole rings is 1. The van der Waals surface area contributed by atoms with E-state index in [0.29, 0.717) is 25.9 Å². The van der Waals surface area contributed by atoms with Crippen molar-refractivity contribution < 1.29 is 19.4 Å². The Morgan fingerprint density at radius 1 is 1.11 bits per heavy atom. The van der Waals surface area contributed by atoms with Crippen LogP contribution < -0.4 is 0 Å². The van der Waals surface area contributed by atoms with Crippen LogP contribution in [0.3, 0.4) is 0 Å². The molecule has 1 fully saturated rings. The van der Waals surface area contributed by atoms with Crippen LogP contribution in [0.2, 0.25) is 0 Å². The minimum atomic E-state index is -0.688. The van der Waals surface area contributed by atoms with Crippen molar-refractivity contribution in [2.45, 2.75) is 77.8 Å². The van der Waals surface area contributed by atoms with Crippen molar-refractivity contribution in [3.8, 4) is 0 Å². The molecule has 1 aromatic heterocycles. The predicted molar refractivity (Wildman–Crippen MR) is 143 cm³/mol. The lowest BCUT2D eigenvalue weighted by molar-refractivity contribution is -0.142. The number of nitrogens with zero attached hydrogens (tertiary/aromatic N) is 3. The second kappa shape index (κ2) is 10.2. The maximum absolute atomic E-state index is 12.3. The quantitative estimate of drug-likeness (QED) is 0.466. The van der Waals surface area contributed by atoms with E-state index >= 15 is 0 Å². The molecule has 0 radical (unpaired) electrons. The molecule has 0 unspecified atom stereocenters. The van der Waals surface area contributed by atoms with E-state index in [9.17, 15) is 14.7 Å². The summed E-state index contributed by atoms with van der Waals surface area (Å²) in [5.41, 5.74) is 8.37. The summed E-state index contributed by atoms with van der Waals surface area (Å²) in [6.45, 7) is 7.74. The third-order valence-corrected chi connectivity index (χ3v) is 8.55. The monoisotopic (exact) mass is 503 g/mol. The number of carboxylic acids is 1. The molecular weight excluding hydrogens is 466 g/mol. The number of benzene rings is 2. The highest BCUT2D eigenvalue weighted by Gasteiger charge is 2.32. The minimum Gasteiger partial charge on any atom is -0.481 e.